The van der Waals surface area contributed by atoms with E-state index in [1.165, 1.54) is 41.3 Å². The zero-order valence-electron chi connectivity index (χ0n) is 24.5. The summed E-state index contributed by atoms with van der Waals surface area (Å²) in [5.41, 5.74) is 4.24. The van der Waals surface area contributed by atoms with Gasteiger partial charge in [0.2, 0.25) is 0 Å². The molecule has 226 valence electrons. The summed E-state index contributed by atoms with van der Waals surface area (Å²) in [5, 5.41) is 4.47. The van der Waals surface area contributed by atoms with Crippen LogP contribution in [0.3, 0.4) is 0 Å². The third kappa shape index (κ3) is 7.51. The van der Waals surface area contributed by atoms with Crippen molar-refractivity contribution in [3.63, 3.8) is 0 Å². The molecule has 2 saturated heterocycles. The standard InChI is InChI=1S/C27H29F3N4OS.C7H8/c1-18-15-33(17-27(18,29)30)26(35)24-14-31-34(22-6-4-21(28)5-7-22)25(24)20-10-12-32(13-11-20)16-19-2-8-23(36)9-3-19;1-7-5-3-2-4-6-7/h2-9,14,18,20,36H,10-13,15-17H2,1H3;2-6H,1H3. The molecule has 3 heterocycles. The molecule has 9 heteroatoms. The lowest BCUT2D eigenvalue weighted by Crippen LogP contribution is -2.35. The minimum atomic E-state index is -2.90. The number of likely N-dealkylation sites (tertiary alicyclic amines) is 2. The number of carbonyl (C=O) groups excluding carboxylic acids is 1. The minimum Gasteiger partial charge on any atom is -0.332 e. The normalized spacial score (nSPS) is 18.7. The number of nitrogens with zero attached hydrogens (tertiary/aromatic N) is 4. The molecule has 1 amide bonds. The minimum absolute atomic E-state index is 0.0104. The van der Waals surface area contributed by atoms with E-state index in [-0.39, 0.29) is 18.3 Å². The highest BCUT2D eigenvalue weighted by atomic mass is 32.1. The first-order valence-corrected chi connectivity index (χ1v) is 15.1. The molecular formula is C34H37F3N4OS. The third-order valence-electron chi connectivity index (χ3n) is 8.27. The van der Waals surface area contributed by atoms with Gasteiger partial charge in [0, 0.05) is 29.8 Å². The van der Waals surface area contributed by atoms with Crippen LogP contribution in [0, 0.1) is 18.7 Å². The van der Waals surface area contributed by atoms with Crippen LogP contribution in [0.25, 0.3) is 5.69 Å². The van der Waals surface area contributed by atoms with Gasteiger partial charge in [-0.25, -0.2) is 17.9 Å². The number of benzene rings is 3. The van der Waals surface area contributed by atoms with Crippen molar-refractivity contribution in [3.8, 4) is 5.69 Å². The van der Waals surface area contributed by atoms with Gasteiger partial charge in [-0.2, -0.15) is 5.10 Å². The third-order valence-corrected chi connectivity index (χ3v) is 8.57. The number of piperidine rings is 1. The zero-order valence-corrected chi connectivity index (χ0v) is 25.4. The first-order chi connectivity index (χ1) is 20.6. The molecule has 1 aromatic heterocycles. The van der Waals surface area contributed by atoms with Crippen LogP contribution >= 0.6 is 12.6 Å². The summed E-state index contributed by atoms with van der Waals surface area (Å²) in [6.45, 7) is 5.46. The monoisotopic (exact) mass is 606 g/mol. The Morgan fingerprint density at radius 2 is 1.63 bits per heavy atom. The summed E-state index contributed by atoms with van der Waals surface area (Å²) in [5.74, 6) is -4.56. The number of rotatable bonds is 5. The van der Waals surface area contributed by atoms with Crippen molar-refractivity contribution >= 4 is 18.5 Å². The van der Waals surface area contributed by atoms with E-state index in [2.05, 4.69) is 53.8 Å². The van der Waals surface area contributed by atoms with Crippen LogP contribution in [-0.4, -0.2) is 57.6 Å². The predicted octanol–water partition coefficient (Wildman–Crippen LogP) is 7.40. The summed E-state index contributed by atoms with van der Waals surface area (Å²) < 4.78 is 43.7. The molecule has 2 aliphatic rings. The average Bonchev–Trinajstić information content (AvgIpc) is 3.55. The fourth-order valence-corrected chi connectivity index (χ4v) is 5.88. The van der Waals surface area contributed by atoms with E-state index in [4.69, 9.17) is 0 Å². The van der Waals surface area contributed by atoms with Crippen molar-refractivity contribution in [2.24, 2.45) is 5.92 Å². The average molecular weight is 607 g/mol. The van der Waals surface area contributed by atoms with Gasteiger partial charge >= 0.3 is 0 Å². The Hall–Kier alpha value is -3.56. The summed E-state index contributed by atoms with van der Waals surface area (Å²) in [6.07, 6.45) is 3.07. The van der Waals surface area contributed by atoms with E-state index in [9.17, 15) is 18.0 Å². The van der Waals surface area contributed by atoms with Crippen LogP contribution in [-0.2, 0) is 6.54 Å². The molecule has 0 bridgehead atoms. The Morgan fingerprint density at radius 1 is 0.977 bits per heavy atom. The number of carbonyl (C=O) groups is 1. The number of alkyl halides is 2. The molecule has 0 N–H and O–H groups in total. The molecule has 6 rings (SSSR count). The molecule has 4 aromatic rings. The predicted molar refractivity (Wildman–Crippen MR) is 166 cm³/mol. The van der Waals surface area contributed by atoms with Crippen LogP contribution < -0.4 is 0 Å². The van der Waals surface area contributed by atoms with Crippen molar-refractivity contribution < 1.29 is 18.0 Å². The Bertz CT molecular complexity index is 1500. The molecular weight excluding hydrogens is 569 g/mol. The maximum atomic E-state index is 14.2. The lowest BCUT2D eigenvalue weighted by molar-refractivity contribution is -0.0202. The van der Waals surface area contributed by atoms with E-state index in [0.717, 1.165) is 37.4 Å². The molecule has 43 heavy (non-hydrogen) atoms. The molecule has 0 spiro atoms. The smallest absolute Gasteiger partial charge is 0.269 e. The summed E-state index contributed by atoms with van der Waals surface area (Å²) in [7, 11) is 0. The Morgan fingerprint density at radius 3 is 2.19 bits per heavy atom. The van der Waals surface area contributed by atoms with Gasteiger partial charge in [0.25, 0.3) is 11.8 Å². The van der Waals surface area contributed by atoms with Crippen LogP contribution in [0.2, 0.25) is 0 Å². The number of aromatic nitrogens is 2. The molecule has 2 fully saturated rings. The molecule has 3 aromatic carbocycles. The van der Waals surface area contributed by atoms with Gasteiger partial charge < -0.3 is 4.90 Å². The highest BCUT2D eigenvalue weighted by Gasteiger charge is 2.47. The fraction of sp³-hybridized carbons (Fsp3) is 0.353. The quantitative estimate of drug-likeness (QED) is 0.241. The lowest BCUT2D eigenvalue weighted by Gasteiger charge is -2.33. The van der Waals surface area contributed by atoms with Gasteiger partial charge in [-0.05, 0) is 74.8 Å². The Kier molecular flexibility index (Phi) is 9.62. The van der Waals surface area contributed by atoms with Gasteiger partial charge in [-0.1, -0.05) is 55.0 Å². The highest BCUT2D eigenvalue weighted by Crippen LogP contribution is 2.37. The first kappa shape index (κ1) is 30.9. The lowest BCUT2D eigenvalue weighted by atomic mass is 9.90. The van der Waals surface area contributed by atoms with Crippen LogP contribution in [0.5, 0.6) is 0 Å². The highest BCUT2D eigenvalue weighted by molar-refractivity contribution is 7.80. The van der Waals surface area contributed by atoms with E-state index in [0.29, 0.717) is 16.9 Å². The van der Waals surface area contributed by atoms with E-state index in [1.807, 2.05) is 30.3 Å². The maximum Gasteiger partial charge on any atom is 0.269 e. The second-order valence-corrected chi connectivity index (χ2v) is 12.1. The van der Waals surface area contributed by atoms with Crippen LogP contribution in [0.4, 0.5) is 13.2 Å². The van der Waals surface area contributed by atoms with Crippen molar-refractivity contribution in [2.75, 3.05) is 26.2 Å². The number of hydrogen-bond donors (Lipinski definition) is 1. The first-order valence-electron chi connectivity index (χ1n) is 14.6. The van der Waals surface area contributed by atoms with Gasteiger partial charge in [0.05, 0.1) is 29.7 Å². The fourth-order valence-electron chi connectivity index (χ4n) is 5.73. The van der Waals surface area contributed by atoms with E-state index in [1.54, 1.807) is 16.8 Å². The molecule has 5 nitrogen and oxygen atoms in total. The van der Waals surface area contributed by atoms with E-state index >= 15 is 0 Å². The van der Waals surface area contributed by atoms with Crippen molar-refractivity contribution in [2.45, 2.75) is 50.0 Å². The number of halogens is 3. The van der Waals surface area contributed by atoms with Gasteiger partial charge in [-0.3, -0.25) is 9.69 Å². The Balaban J connectivity index is 0.000000463. The van der Waals surface area contributed by atoms with Gasteiger partial charge in [0.15, 0.2) is 0 Å². The Labute approximate surface area is 256 Å². The number of amides is 1. The van der Waals surface area contributed by atoms with Crippen LogP contribution in [0.1, 0.15) is 52.9 Å². The molecule has 1 unspecified atom stereocenters. The van der Waals surface area contributed by atoms with Crippen molar-refractivity contribution in [1.82, 2.24) is 19.6 Å². The number of hydrogen-bond acceptors (Lipinski definition) is 4. The zero-order chi connectivity index (χ0) is 30.6. The second kappa shape index (κ2) is 13.4. The number of thiol groups is 1. The van der Waals surface area contributed by atoms with Gasteiger partial charge in [0.1, 0.15) is 5.82 Å². The molecule has 1 atom stereocenters. The van der Waals surface area contributed by atoms with Crippen LogP contribution in [0.15, 0.2) is 90.0 Å². The molecule has 0 radical (unpaired) electrons. The maximum absolute atomic E-state index is 14.2. The largest absolute Gasteiger partial charge is 0.332 e. The van der Waals surface area contributed by atoms with E-state index < -0.39 is 24.3 Å². The summed E-state index contributed by atoms with van der Waals surface area (Å²) in [4.78, 5) is 18.0. The molecule has 0 aliphatic carbocycles. The molecule has 0 saturated carbocycles. The van der Waals surface area contributed by atoms with Crippen molar-refractivity contribution in [1.29, 1.82) is 0 Å². The van der Waals surface area contributed by atoms with Gasteiger partial charge in [-0.15, -0.1) is 12.6 Å². The van der Waals surface area contributed by atoms with Crippen molar-refractivity contribution in [3.05, 3.63) is 113 Å². The molecule has 2 aliphatic heterocycles. The summed E-state index contributed by atoms with van der Waals surface area (Å²) in [6, 6.07) is 24.3. The SMILES string of the molecule is CC1CN(C(=O)c2cnn(-c3ccc(F)cc3)c2C2CCN(Cc3ccc(S)cc3)CC2)CC1(F)F.Cc1ccccc1. The summed E-state index contributed by atoms with van der Waals surface area (Å²) >= 11 is 4.35. The second-order valence-electron chi connectivity index (χ2n) is 11.6. The topological polar surface area (TPSA) is 41.4 Å². The number of aryl methyl sites for hydroxylation is 1.